The van der Waals surface area contributed by atoms with Crippen LogP contribution in [0.1, 0.15) is 30.9 Å². The second-order valence-electron chi connectivity index (χ2n) is 5.24. The minimum atomic E-state index is 0.189. The molecule has 1 aliphatic rings. The first kappa shape index (κ1) is 14.5. The molecule has 1 N–H and O–H groups in total. The van der Waals surface area contributed by atoms with E-state index in [4.69, 9.17) is 5.26 Å². The zero-order chi connectivity index (χ0) is 14.4. The molecule has 20 heavy (non-hydrogen) atoms. The van der Waals surface area contributed by atoms with Gasteiger partial charge in [-0.2, -0.15) is 5.26 Å². The molecule has 4 nitrogen and oxygen atoms in total. The minimum Gasteiger partial charge on any atom is -0.339 e. The van der Waals surface area contributed by atoms with Crippen molar-refractivity contribution in [2.24, 2.45) is 5.92 Å². The van der Waals surface area contributed by atoms with Crippen LogP contribution >= 0.6 is 0 Å². The molecule has 1 fully saturated rings. The normalized spacial score (nSPS) is 17.7. The van der Waals surface area contributed by atoms with Gasteiger partial charge in [-0.05, 0) is 44.0 Å². The molecule has 106 valence electrons. The van der Waals surface area contributed by atoms with Crippen LogP contribution in [0.15, 0.2) is 24.3 Å². The van der Waals surface area contributed by atoms with E-state index < -0.39 is 0 Å². The summed E-state index contributed by atoms with van der Waals surface area (Å²) in [6.07, 6.45) is 1.69. The molecule has 1 aromatic rings. The number of carbonyl (C=O) groups is 1. The maximum Gasteiger partial charge on any atom is 0.223 e. The number of carbonyl (C=O) groups excluding carboxylic acids is 1. The SMILES string of the molecule is CCN(Cc1ccccc1C#N)C(=O)CC1CCNC1. The number of nitrogens with zero attached hydrogens (tertiary/aromatic N) is 2. The predicted molar refractivity (Wildman–Crippen MR) is 77.8 cm³/mol. The number of rotatable bonds is 5. The van der Waals surface area contributed by atoms with Gasteiger partial charge in [-0.3, -0.25) is 4.79 Å². The Hall–Kier alpha value is -1.86. The molecule has 1 aromatic carbocycles. The average Bonchev–Trinajstić information content (AvgIpc) is 2.97. The smallest absolute Gasteiger partial charge is 0.223 e. The summed E-state index contributed by atoms with van der Waals surface area (Å²) in [5.74, 6) is 0.650. The van der Waals surface area contributed by atoms with Gasteiger partial charge in [-0.25, -0.2) is 0 Å². The van der Waals surface area contributed by atoms with E-state index in [9.17, 15) is 4.79 Å². The highest BCUT2D eigenvalue weighted by atomic mass is 16.2. The molecule has 1 atom stereocenters. The predicted octanol–water partition coefficient (Wildman–Crippen LogP) is 1.91. The summed E-state index contributed by atoms with van der Waals surface area (Å²) < 4.78 is 0. The molecule has 1 aliphatic heterocycles. The van der Waals surface area contributed by atoms with Crippen LogP contribution in [0, 0.1) is 17.2 Å². The van der Waals surface area contributed by atoms with Crippen LogP contribution in [0.4, 0.5) is 0 Å². The first-order chi connectivity index (χ1) is 9.74. The fourth-order valence-electron chi connectivity index (χ4n) is 2.61. The standard InChI is InChI=1S/C16H21N3O/c1-2-19(16(20)9-13-7-8-18-11-13)12-15-6-4-3-5-14(15)10-17/h3-6,13,18H,2,7-9,11-12H2,1H3. The number of hydrogen-bond donors (Lipinski definition) is 1. The van der Waals surface area contributed by atoms with Crippen molar-refractivity contribution >= 4 is 5.91 Å². The highest BCUT2D eigenvalue weighted by Gasteiger charge is 2.21. The lowest BCUT2D eigenvalue weighted by atomic mass is 10.0. The zero-order valence-corrected chi connectivity index (χ0v) is 11.9. The van der Waals surface area contributed by atoms with Crippen LogP contribution in [0.3, 0.4) is 0 Å². The van der Waals surface area contributed by atoms with Gasteiger partial charge < -0.3 is 10.2 Å². The van der Waals surface area contributed by atoms with Crippen LogP contribution in [0.25, 0.3) is 0 Å². The van der Waals surface area contributed by atoms with Crippen LogP contribution in [0.5, 0.6) is 0 Å². The molecule has 0 saturated carbocycles. The van der Waals surface area contributed by atoms with Crippen molar-refractivity contribution in [2.75, 3.05) is 19.6 Å². The van der Waals surface area contributed by atoms with Gasteiger partial charge in [0, 0.05) is 19.5 Å². The third kappa shape index (κ3) is 3.58. The van der Waals surface area contributed by atoms with E-state index in [-0.39, 0.29) is 5.91 Å². The molecule has 1 amide bonds. The molecular formula is C16H21N3O. The van der Waals surface area contributed by atoms with Crippen molar-refractivity contribution in [3.63, 3.8) is 0 Å². The van der Waals surface area contributed by atoms with Gasteiger partial charge in [-0.1, -0.05) is 18.2 Å². The largest absolute Gasteiger partial charge is 0.339 e. The minimum absolute atomic E-state index is 0.189. The van der Waals surface area contributed by atoms with E-state index in [1.165, 1.54) is 0 Å². The van der Waals surface area contributed by atoms with Gasteiger partial charge in [-0.15, -0.1) is 0 Å². The quantitative estimate of drug-likeness (QED) is 0.890. The van der Waals surface area contributed by atoms with Crippen molar-refractivity contribution in [3.8, 4) is 6.07 Å². The number of hydrogen-bond acceptors (Lipinski definition) is 3. The Morgan fingerprint density at radius 1 is 1.50 bits per heavy atom. The molecule has 0 radical (unpaired) electrons. The first-order valence-corrected chi connectivity index (χ1v) is 7.21. The van der Waals surface area contributed by atoms with E-state index in [1.807, 2.05) is 30.0 Å². The van der Waals surface area contributed by atoms with E-state index in [2.05, 4.69) is 11.4 Å². The molecule has 0 aromatic heterocycles. The summed E-state index contributed by atoms with van der Waals surface area (Å²) >= 11 is 0. The molecule has 0 spiro atoms. The number of nitrogens with one attached hydrogen (secondary N) is 1. The number of nitriles is 1. The highest BCUT2D eigenvalue weighted by Crippen LogP contribution is 2.16. The fraction of sp³-hybridized carbons (Fsp3) is 0.500. The first-order valence-electron chi connectivity index (χ1n) is 7.21. The van der Waals surface area contributed by atoms with Gasteiger partial charge in [0.15, 0.2) is 0 Å². The highest BCUT2D eigenvalue weighted by molar-refractivity contribution is 5.76. The lowest BCUT2D eigenvalue weighted by Gasteiger charge is -2.23. The maximum atomic E-state index is 12.3. The van der Waals surface area contributed by atoms with Crippen LogP contribution in [-0.4, -0.2) is 30.4 Å². The number of amides is 1. The topological polar surface area (TPSA) is 56.1 Å². The van der Waals surface area contributed by atoms with E-state index in [0.717, 1.165) is 25.1 Å². The van der Waals surface area contributed by atoms with Gasteiger partial charge in [0.05, 0.1) is 11.6 Å². The Kier molecular flexibility index (Phi) is 5.14. The van der Waals surface area contributed by atoms with Gasteiger partial charge >= 0.3 is 0 Å². The van der Waals surface area contributed by atoms with Crippen LogP contribution < -0.4 is 5.32 Å². The monoisotopic (exact) mass is 271 g/mol. The summed E-state index contributed by atoms with van der Waals surface area (Å²) in [5.41, 5.74) is 1.58. The Labute approximate surface area is 120 Å². The molecule has 1 heterocycles. The molecular weight excluding hydrogens is 250 g/mol. The zero-order valence-electron chi connectivity index (χ0n) is 11.9. The molecule has 2 rings (SSSR count). The van der Waals surface area contributed by atoms with Gasteiger partial charge in [0.25, 0.3) is 0 Å². The van der Waals surface area contributed by atoms with Gasteiger partial charge in [0.2, 0.25) is 5.91 Å². The second kappa shape index (κ2) is 7.06. The average molecular weight is 271 g/mol. The maximum absolute atomic E-state index is 12.3. The third-order valence-electron chi connectivity index (χ3n) is 3.86. The second-order valence-corrected chi connectivity index (χ2v) is 5.24. The van der Waals surface area contributed by atoms with Crippen molar-refractivity contribution in [1.29, 1.82) is 5.26 Å². The molecule has 1 saturated heterocycles. The molecule has 0 aliphatic carbocycles. The lowest BCUT2D eigenvalue weighted by molar-refractivity contribution is -0.132. The van der Waals surface area contributed by atoms with E-state index in [0.29, 0.717) is 31.0 Å². The van der Waals surface area contributed by atoms with E-state index in [1.54, 1.807) is 6.07 Å². The Morgan fingerprint density at radius 2 is 2.30 bits per heavy atom. The summed E-state index contributed by atoms with van der Waals surface area (Å²) in [6.45, 7) is 5.15. The summed E-state index contributed by atoms with van der Waals surface area (Å²) in [7, 11) is 0. The van der Waals surface area contributed by atoms with Crippen molar-refractivity contribution in [3.05, 3.63) is 35.4 Å². The summed E-state index contributed by atoms with van der Waals surface area (Å²) in [6, 6.07) is 9.68. The fourth-order valence-corrected chi connectivity index (χ4v) is 2.61. The van der Waals surface area contributed by atoms with E-state index >= 15 is 0 Å². The Bertz CT molecular complexity index is 501. The Balaban J connectivity index is 2.00. The molecule has 4 heteroatoms. The molecule has 0 bridgehead atoms. The lowest BCUT2D eigenvalue weighted by Crippen LogP contribution is -2.32. The molecule has 1 unspecified atom stereocenters. The summed E-state index contributed by atoms with van der Waals surface area (Å²) in [5, 5.41) is 12.4. The van der Waals surface area contributed by atoms with Crippen molar-refractivity contribution in [2.45, 2.75) is 26.3 Å². The van der Waals surface area contributed by atoms with Crippen LogP contribution in [-0.2, 0) is 11.3 Å². The van der Waals surface area contributed by atoms with Gasteiger partial charge in [0.1, 0.15) is 0 Å². The number of benzene rings is 1. The Morgan fingerprint density at radius 3 is 2.95 bits per heavy atom. The van der Waals surface area contributed by atoms with Crippen molar-refractivity contribution in [1.82, 2.24) is 10.2 Å². The van der Waals surface area contributed by atoms with Crippen molar-refractivity contribution < 1.29 is 4.79 Å². The third-order valence-corrected chi connectivity index (χ3v) is 3.86. The van der Waals surface area contributed by atoms with Crippen LogP contribution in [0.2, 0.25) is 0 Å². The summed E-state index contributed by atoms with van der Waals surface area (Å²) in [4.78, 5) is 14.2.